The third-order valence-electron chi connectivity index (χ3n) is 5.49. The summed E-state index contributed by atoms with van der Waals surface area (Å²) >= 11 is 0. The van der Waals surface area contributed by atoms with Crippen LogP contribution in [0, 0.1) is 6.92 Å². The average molecular weight is 437 g/mol. The van der Waals surface area contributed by atoms with Crippen molar-refractivity contribution in [3.05, 3.63) is 77.6 Å². The summed E-state index contributed by atoms with van der Waals surface area (Å²) in [7, 11) is 0. The maximum atomic E-state index is 13.5. The molecule has 0 saturated heterocycles. The molecule has 1 aromatic heterocycles. The van der Waals surface area contributed by atoms with Gasteiger partial charge in [0, 0.05) is 12.1 Å². The average Bonchev–Trinajstić information content (AvgIpc) is 3.12. The molecule has 0 unspecified atom stereocenters. The van der Waals surface area contributed by atoms with Crippen LogP contribution in [0.15, 0.2) is 60.7 Å². The standard InChI is InChI=1S/C24H21BF3N2O2/c1-3-6-22-29-23-15(2)13-17(25(26,27)28)14-21(23)30(22)18-11-9-16(10-12-18)19-7-4-5-8-20(19)24(31)32/h4-5,7-14H,3,6H2,1-2H3,(H,31,32)/q-1. The molecule has 0 atom stereocenters. The zero-order valence-electron chi connectivity index (χ0n) is 17.6. The molecular formula is C24H21BF3N2O2-. The molecule has 0 aliphatic heterocycles. The van der Waals surface area contributed by atoms with Gasteiger partial charge in [0.25, 0.3) is 0 Å². The number of halogens is 3. The van der Waals surface area contributed by atoms with Crippen molar-refractivity contribution in [2.45, 2.75) is 26.7 Å². The Morgan fingerprint density at radius 2 is 1.75 bits per heavy atom. The summed E-state index contributed by atoms with van der Waals surface area (Å²) in [4.78, 5) is 16.2. The number of imidazole rings is 1. The number of rotatable bonds is 6. The maximum Gasteiger partial charge on any atom is 0.509 e. The van der Waals surface area contributed by atoms with Gasteiger partial charge in [-0.2, -0.15) is 0 Å². The summed E-state index contributed by atoms with van der Waals surface area (Å²) in [5.74, 6) is -0.330. The Balaban J connectivity index is 1.88. The molecular weight excluding hydrogens is 416 g/mol. The lowest BCUT2D eigenvalue weighted by atomic mass is 9.79. The monoisotopic (exact) mass is 437 g/mol. The molecule has 0 bridgehead atoms. The minimum absolute atomic E-state index is 0.188. The van der Waals surface area contributed by atoms with E-state index >= 15 is 0 Å². The van der Waals surface area contributed by atoms with E-state index in [4.69, 9.17) is 0 Å². The van der Waals surface area contributed by atoms with Crippen molar-refractivity contribution in [2.24, 2.45) is 0 Å². The topological polar surface area (TPSA) is 55.1 Å². The second-order valence-corrected chi connectivity index (χ2v) is 7.79. The zero-order valence-corrected chi connectivity index (χ0v) is 17.6. The van der Waals surface area contributed by atoms with Gasteiger partial charge >= 0.3 is 12.9 Å². The second kappa shape index (κ2) is 8.18. The van der Waals surface area contributed by atoms with E-state index in [1.165, 1.54) is 12.1 Å². The predicted molar refractivity (Wildman–Crippen MR) is 121 cm³/mol. The fourth-order valence-electron chi connectivity index (χ4n) is 4.00. The molecule has 0 spiro atoms. The minimum atomic E-state index is -5.14. The van der Waals surface area contributed by atoms with Gasteiger partial charge in [-0.25, -0.2) is 9.78 Å². The van der Waals surface area contributed by atoms with Gasteiger partial charge in [0.15, 0.2) is 0 Å². The fraction of sp³-hybridized carbons (Fsp3) is 0.167. The second-order valence-electron chi connectivity index (χ2n) is 7.79. The first kappa shape index (κ1) is 21.7. The summed E-state index contributed by atoms with van der Waals surface area (Å²) in [6.07, 6.45) is 1.41. The number of carboxylic acid groups (broad SMARTS) is 1. The van der Waals surface area contributed by atoms with E-state index in [9.17, 15) is 22.8 Å². The molecule has 0 saturated carbocycles. The van der Waals surface area contributed by atoms with Gasteiger partial charge in [-0.1, -0.05) is 49.4 Å². The van der Waals surface area contributed by atoms with Gasteiger partial charge in [-0.3, -0.25) is 4.57 Å². The Bertz CT molecular complexity index is 1310. The molecule has 32 heavy (non-hydrogen) atoms. The van der Waals surface area contributed by atoms with Crippen LogP contribution in [-0.2, 0) is 6.42 Å². The van der Waals surface area contributed by atoms with Gasteiger partial charge in [-0.05, 0) is 48.2 Å². The highest BCUT2D eigenvalue weighted by molar-refractivity contribution is 6.73. The van der Waals surface area contributed by atoms with Crippen LogP contribution in [-0.4, -0.2) is 27.6 Å². The number of aryl methyl sites for hydroxylation is 2. The van der Waals surface area contributed by atoms with Crippen molar-refractivity contribution < 1.29 is 22.8 Å². The minimum Gasteiger partial charge on any atom is -0.478 e. The third-order valence-corrected chi connectivity index (χ3v) is 5.49. The lowest BCUT2D eigenvalue weighted by molar-refractivity contribution is 0.0697. The van der Waals surface area contributed by atoms with Crippen molar-refractivity contribution in [1.82, 2.24) is 9.55 Å². The van der Waals surface area contributed by atoms with E-state index < -0.39 is 18.4 Å². The number of aromatic nitrogens is 2. The van der Waals surface area contributed by atoms with E-state index in [1.54, 1.807) is 54.0 Å². The van der Waals surface area contributed by atoms with E-state index in [1.807, 2.05) is 6.92 Å². The highest BCUT2D eigenvalue weighted by atomic mass is 19.4. The molecule has 4 rings (SSSR count). The molecule has 0 fully saturated rings. The molecule has 0 aliphatic carbocycles. The van der Waals surface area contributed by atoms with Crippen molar-refractivity contribution >= 4 is 29.4 Å². The molecule has 1 heterocycles. The highest BCUT2D eigenvalue weighted by Crippen LogP contribution is 2.29. The SMILES string of the molecule is CCCc1nc2c(C)cc([B-](F)(F)F)cc2n1-c1ccc(-c2ccccc2C(=O)O)cc1. The van der Waals surface area contributed by atoms with E-state index in [2.05, 4.69) is 4.98 Å². The van der Waals surface area contributed by atoms with E-state index in [-0.39, 0.29) is 5.56 Å². The number of carboxylic acids is 1. The Morgan fingerprint density at radius 1 is 1.06 bits per heavy atom. The third kappa shape index (κ3) is 3.88. The lowest BCUT2D eigenvalue weighted by Gasteiger charge is -2.17. The van der Waals surface area contributed by atoms with Crippen LogP contribution in [0.4, 0.5) is 12.9 Å². The quantitative estimate of drug-likeness (QED) is 0.394. The summed E-state index contributed by atoms with van der Waals surface area (Å²) in [5.41, 5.74) is 2.97. The molecule has 0 radical (unpaired) electrons. The highest BCUT2D eigenvalue weighted by Gasteiger charge is 2.27. The summed E-state index contributed by atoms with van der Waals surface area (Å²) < 4.78 is 42.3. The zero-order chi connectivity index (χ0) is 23.0. The fourth-order valence-corrected chi connectivity index (χ4v) is 4.00. The molecule has 164 valence electrons. The summed E-state index contributed by atoms with van der Waals surface area (Å²) in [5, 5.41) is 9.46. The van der Waals surface area contributed by atoms with E-state index in [0.717, 1.165) is 12.5 Å². The van der Waals surface area contributed by atoms with E-state index in [0.29, 0.717) is 45.7 Å². The van der Waals surface area contributed by atoms with Crippen LogP contribution in [0.2, 0.25) is 0 Å². The number of carbonyl (C=O) groups is 1. The summed E-state index contributed by atoms with van der Waals surface area (Å²) in [6.45, 7) is -1.50. The number of fused-ring (bicyclic) bond motifs is 1. The largest absolute Gasteiger partial charge is 0.509 e. The van der Waals surface area contributed by atoms with Crippen LogP contribution in [0.5, 0.6) is 0 Å². The number of hydrogen-bond donors (Lipinski definition) is 1. The van der Waals surface area contributed by atoms with Crippen LogP contribution in [0.25, 0.3) is 27.8 Å². The first-order chi connectivity index (χ1) is 15.2. The van der Waals surface area contributed by atoms with Crippen LogP contribution in [0.3, 0.4) is 0 Å². The molecule has 3 aromatic carbocycles. The van der Waals surface area contributed by atoms with Crippen molar-refractivity contribution in [3.8, 4) is 16.8 Å². The van der Waals surface area contributed by atoms with Crippen LogP contribution < -0.4 is 5.46 Å². The predicted octanol–water partition coefficient (Wildman–Crippen LogP) is 5.71. The van der Waals surface area contributed by atoms with Gasteiger partial charge in [-0.15, -0.1) is 5.46 Å². The van der Waals surface area contributed by atoms with Gasteiger partial charge in [0.05, 0.1) is 16.6 Å². The normalized spacial score (nSPS) is 11.8. The summed E-state index contributed by atoms with van der Waals surface area (Å²) in [6, 6.07) is 16.2. The number of benzene rings is 3. The molecule has 1 N–H and O–H groups in total. The van der Waals surface area contributed by atoms with Gasteiger partial charge < -0.3 is 18.1 Å². The first-order valence-corrected chi connectivity index (χ1v) is 10.4. The number of aromatic carboxylic acids is 1. The Kier molecular flexibility index (Phi) is 5.54. The number of hydrogen-bond acceptors (Lipinski definition) is 2. The molecule has 4 nitrogen and oxygen atoms in total. The van der Waals surface area contributed by atoms with Crippen LogP contribution in [0.1, 0.15) is 35.1 Å². The molecule has 8 heteroatoms. The van der Waals surface area contributed by atoms with Crippen molar-refractivity contribution in [2.75, 3.05) is 0 Å². The van der Waals surface area contributed by atoms with Crippen LogP contribution >= 0.6 is 0 Å². The molecule has 0 aliphatic rings. The lowest BCUT2D eigenvalue weighted by Crippen LogP contribution is -2.34. The molecule has 0 amide bonds. The van der Waals surface area contributed by atoms with Gasteiger partial charge in [0.1, 0.15) is 5.82 Å². The smallest absolute Gasteiger partial charge is 0.478 e. The maximum absolute atomic E-state index is 13.5. The molecule has 4 aromatic rings. The Labute approximate surface area is 183 Å². The Hall–Kier alpha value is -3.55. The number of nitrogens with zero attached hydrogens (tertiary/aromatic N) is 2. The van der Waals surface area contributed by atoms with Crippen molar-refractivity contribution in [3.63, 3.8) is 0 Å². The Morgan fingerprint density at radius 3 is 2.38 bits per heavy atom. The van der Waals surface area contributed by atoms with Gasteiger partial charge in [0.2, 0.25) is 0 Å². The first-order valence-electron chi connectivity index (χ1n) is 10.4. The van der Waals surface area contributed by atoms with Crippen molar-refractivity contribution in [1.29, 1.82) is 0 Å².